The van der Waals surface area contributed by atoms with E-state index in [1.165, 1.54) is 0 Å². The molecule has 1 aliphatic rings. The normalized spacial score (nSPS) is 21.3. The van der Waals surface area contributed by atoms with Gasteiger partial charge in [-0.05, 0) is 44.2 Å². The van der Waals surface area contributed by atoms with Crippen LogP contribution in [0.4, 0.5) is 0 Å². The number of rotatable bonds is 7. The molecule has 0 saturated carbocycles. The second-order valence-electron chi connectivity index (χ2n) is 7.01. The van der Waals surface area contributed by atoms with E-state index in [0.29, 0.717) is 18.9 Å². The molecule has 0 aliphatic carbocycles. The van der Waals surface area contributed by atoms with Gasteiger partial charge in [0.15, 0.2) is 0 Å². The van der Waals surface area contributed by atoms with Crippen molar-refractivity contribution in [3.05, 3.63) is 35.9 Å². The molecule has 2 rings (SSSR count). The Morgan fingerprint density at radius 2 is 2.00 bits per heavy atom. The second kappa shape index (κ2) is 8.46. The molecule has 2 N–H and O–H groups in total. The predicted octanol–water partition coefficient (Wildman–Crippen LogP) is 2.74. The minimum Gasteiger partial charge on any atom is -0.388 e. The highest BCUT2D eigenvalue weighted by molar-refractivity contribution is 5.81. The van der Waals surface area contributed by atoms with Crippen molar-refractivity contribution < 1.29 is 9.90 Å². The molecule has 1 heterocycles. The number of likely N-dealkylation sites (tertiary alicyclic amines) is 1. The lowest BCUT2D eigenvalue weighted by atomic mass is 10.00. The van der Waals surface area contributed by atoms with Gasteiger partial charge in [0.05, 0.1) is 12.1 Å². The van der Waals surface area contributed by atoms with Crippen LogP contribution in [-0.2, 0) is 4.79 Å². The van der Waals surface area contributed by atoms with Crippen LogP contribution in [-0.4, -0.2) is 41.1 Å². The van der Waals surface area contributed by atoms with Crippen LogP contribution in [0.5, 0.6) is 0 Å². The molecule has 1 saturated heterocycles. The lowest BCUT2D eigenvalue weighted by Gasteiger charge is -2.31. The average molecular weight is 318 g/mol. The largest absolute Gasteiger partial charge is 0.388 e. The summed E-state index contributed by atoms with van der Waals surface area (Å²) in [5.41, 5.74) is 0.955. The molecule has 3 atom stereocenters. The van der Waals surface area contributed by atoms with Gasteiger partial charge in [-0.15, -0.1) is 0 Å². The summed E-state index contributed by atoms with van der Waals surface area (Å²) in [4.78, 5) is 14.6. The average Bonchev–Trinajstić information content (AvgIpc) is 3.00. The lowest BCUT2D eigenvalue weighted by molar-refractivity contribution is -0.126. The van der Waals surface area contributed by atoms with Crippen LogP contribution >= 0.6 is 0 Å². The number of aliphatic hydroxyl groups excluding tert-OH is 1. The van der Waals surface area contributed by atoms with Gasteiger partial charge in [0, 0.05) is 12.6 Å². The van der Waals surface area contributed by atoms with E-state index < -0.39 is 6.10 Å². The highest BCUT2D eigenvalue weighted by Crippen LogP contribution is 2.28. The molecule has 0 aromatic heterocycles. The number of carbonyl (C=O) groups is 1. The Bertz CT molecular complexity index is 489. The fraction of sp³-hybridized carbons (Fsp3) is 0.632. The first-order chi connectivity index (χ1) is 11.0. The summed E-state index contributed by atoms with van der Waals surface area (Å²) in [5.74, 6) is 0.556. The third-order valence-corrected chi connectivity index (χ3v) is 4.66. The number of nitrogens with zero attached hydrogens (tertiary/aromatic N) is 1. The summed E-state index contributed by atoms with van der Waals surface area (Å²) in [6, 6.07) is 9.92. The molecule has 1 aliphatic heterocycles. The number of benzene rings is 1. The molecular formula is C19H30N2O2. The van der Waals surface area contributed by atoms with Crippen molar-refractivity contribution in [1.82, 2.24) is 10.2 Å². The third kappa shape index (κ3) is 5.05. The quantitative estimate of drug-likeness (QED) is 0.813. The van der Waals surface area contributed by atoms with Crippen LogP contribution < -0.4 is 5.32 Å². The van der Waals surface area contributed by atoms with Gasteiger partial charge in [0.1, 0.15) is 0 Å². The Morgan fingerprint density at radius 1 is 1.30 bits per heavy atom. The van der Waals surface area contributed by atoms with Crippen LogP contribution in [0.25, 0.3) is 0 Å². The summed E-state index contributed by atoms with van der Waals surface area (Å²) >= 11 is 0. The van der Waals surface area contributed by atoms with E-state index in [0.717, 1.165) is 24.9 Å². The van der Waals surface area contributed by atoms with Gasteiger partial charge in [-0.25, -0.2) is 0 Å². The third-order valence-electron chi connectivity index (χ3n) is 4.66. The maximum Gasteiger partial charge on any atom is 0.237 e. The summed E-state index contributed by atoms with van der Waals surface area (Å²) in [6.07, 6.45) is 2.36. The highest BCUT2D eigenvalue weighted by atomic mass is 16.3. The zero-order valence-electron chi connectivity index (χ0n) is 14.5. The first-order valence-electron chi connectivity index (χ1n) is 8.75. The minimum absolute atomic E-state index is 0.0970. The monoisotopic (exact) mass is 318 g/mol. The first-order valence-corrected chi connectivity index (χ1v) is 8.75. The number of hydrogen-bond acceptors (Lipinski definition) is 3. The standard InChI is InChI=1S/C19H30N2O2/c1-14(2)13-20-19(23)15(3)21-11-7-10-17(21)12-18(22)16-8-5-4-6-9-16/h4-6,8-9,14-15,17-18,22H,7,10-13H2,1-3H3,(H,20,23). The van der Waals surface area contributed by atoms with Crippen molar-refractivity contribution in [2.45, 2.75) is 58.2 Å². The number of amides is 1. The summed E-state index contributed by atoms with van der Waals surface area (Å²) < 4.78 is 0. The van der Waals surface area contributed by atoms with Crippen molar-refractivity contribution in [2.24, 2.45) is 5.92 Å². The highest BCUT2D eigenvalue weighted by Gasteiger charge is 2.33. The summed E-state index contributed by atoms with van der Waals surface area (Å²) in [6.45, 7) is 7.82. The molecule has 0 radical (unpaired) electrons. The Hall–Kier alpha value is -1.39. The Labute approximate surface area is 139 Å². The van der Waals surface area contributed by atoms with Crippen molar-refractivity contribution >= 4 is 5.91 Å². The topological polar surface area (TPSA) is 52.6 Å². The fourth-order valence-electron chi connectivity index (χ4n) is 3.29. The lowest BCUT2D eigenvalue weighted by Crippen LogP contribution is -2.48. The molecule has 3 unspecified atom stereocenters. The molecule has 1 aromatic carbocycles. The molecule has 23 heavy (non-hydrogen) atoms. The molecule has 1 fully saturated rings. The predicted molar refractivity (Wildman–Crippen MR) is 93.1 cm³/mol. The maximum absolute atomic E-state index is 12.3. The zero-order valence-corrected chi connectivity index (χ0v) is 14.5. The Balaban J connectivity index is 1.93. The number of nitrogens with one attached hydrogen (secondary N) is 1. The second-order valence-corrected chi connectivity index (χ2v) is 7.01. The number of carbonyl (C=O) groups excluding carboxylic acids is 1. The van der Waals surface area contributed by atoms with Gasteiger partial charge in [-0.3, -0.25) is 9.69 Å². The van der Waals surface area contributed by atoms with Gasteiger partial charge < -0.3 is 10.4 Å². The number of aliphatic hydroxyl groups is 1. The smallest absolute Gasteiger partial charge is 0.237 e. The molecule has 128 valence electrons. The summed E-state index contributed by atoms with van der Waals surface area (Å²) in [5, 5.41) is 13.5. The van der Waals surface area contributed by atoms with E-state index in [9.17, 15) is 9.90 Å². The van der Waals surface area contributed by atoms with Crippen molar-refractivity contribution in [3.8, 4) is 0 Å². The van der Waals surface area contributed by atoms with Crippen LogP contribution in [0.15, 0.2) is 30.3 Å². The van der Waals surface area contributed by atoms with Crippen molar-refractivity contribution in [1.29, 1.82) is 0 Å². The molecule has 1 amide bonds. The Morgan fingerprint density at radius 3 is 2.65 bits per heavy atom. The SMILES string of the molecule is CC(C)CNC(=O)C(C)N1CCCC1CC(O)c1ccccc1. The van der Waals surface area contributed by atoms with Crippen LogP contribution in [0.2, 0.25) is 0 Å². The van der Waals surface area contributed by atoms with E-state index in [-0.39, 0.29) is 18.0 Å². The van der Waals surface area contributed by atoms with Gasteiger partial charge in [0.2, 0.25) is 5.91 Å². The number of hydrogen-bond donors (Lipinski definition) is 2. The van der Waals surface area contributed by atoms with Crippen LogP contribution in [0.3, 0.4) is 0 Å². The van der Waals surface area contributed by atoms with E-state index in [1.54, 1.807) is 0 Å². The van der Waals surface area contributed by atoms with Crippen molar-refractivity contribution in [3.63, 3.8) is 0 Å². The van der Waals surface area contributed by atoms with E-state index in [1.807, 2.05) is 37.3 Å². The van der Waals surface area contributed by atoms with Gasteiger partial charge in [-0.2, -0.15) is 0 Å². The molecule has 1 aromatic rings. The van der Waals surface area contributed by atoms with Gasteiger partial charge >= 0.3 is 0 Å². The molecule has 0 spiro atoms. The molecular weight excluding hydrogens is 288 g/mol. The van der Waals surface area contributed by atoms with Crippen LogP contribution in [0.1, 0.15) is 51.7 Å². The van der Waals surface area contributed by atoms with E-state index in [4.69, 9.17) is 0 Å². The first kappa shape index (κ1) is 18.0. The maximum atomic E-state index is 12.3. The van der Waals surface area contributed by atoms with E-state index in [2.05, 4.69) is 24.1 Å². The molecule has 4 nitrogen and oxygen atoms in total. The fourth-order valence-corrected chi connectivity index (χ4v) is 3.29. The summed E-state index contributed by atoms with van der Waals surface area (Å²) in [7, 11) is 0. The zero-order chi connectivity index (χ0) is 16.8. The molecule has 4 heteroatoms. The Kier molecular flexibility index (Phi) is 6.60. The molecule has 0 bridgehead atoms. The van der Waals surface area contributed by atoms with E-state index >= 15 is 0 Å². The van der Waals surface area contributed by atoms with Crippen LogP contribution in [0, 0.1) is 5.92 Å². The minimum atomic E-state index is -0.465. The van der Waals surface area contributed by atoms with Gasteiger partial charge in [-0.1, -0.05) is 44.2 Å². The van der Waals surface area contributed by atoms with Gasteiger partial charge in [0.25, 0.3) is 0 Å². The van der Waals surface area contributed by atoms with Crippen molar-refractivity contribution in [2.75, 3.05) is 13.1 Å².